The topological polar surface area (TPSA) is 73.8 Å². The van der Waals surface area contributed by atoms with Crippen molar-refractivity contribution in [1.82, 2.24) is 15.5 Å². The van der Waals surface area contributed by atoms with Crippen molar-refractivity contribution in [2.45, 2.75) is 51.9 Å². The van der Waals surface area contributed by atoms with Crippen LogP contribution >= 0.6 is 0 Å². The van der Waals surface area contributed by atoms with Gasteiger partial charge in [0.1, 0.15) is 0 Å². The number of carbonyl (C=O) groups is 2. The molecule has 6 nitrogen and oxygen atoms in total. The number of nitrogens with one attached hydrogen (secondary N) is 2. The van der Waals surface area contributed by atoms with Crippen LogP contribution in [0.5, 0.6) is 0 Å². The molecule has 0 radical (unpaired) electrons. The van der Waals surface area contributed by atoms with E-state index in [0.717, 1.165) is 19.4 Å². The number of piperidine rings is 1. The van der Waals surface area contributed by atoms with Gasteiger partial charge in [0.05, 0.1) is 0 Å². The van der Waals surface area contributed by atoms with E-state index >= 15 is 0 Å². The van der Waals surface area contributed by atoms with Crippen molar-refractivity contribution in [2.75, 3.05) is 26.7 Å². The van der Waals surface area contributed by atoms with Crippen molar-refractivity contribution in [1.29, 1.82) is 0 Å². The Kier molecular flexibility index (Phi) is 8.30. The predicted molar refractivity (Wildman–Crippen MR) is 109 cm³/mol. The highest BCUT2D eigenvalue weighted by Crippen LogP contribution is 2.15. The molecular weight excluding hydrogens is 340 g/mol. The van der Waals surface area contributed by atoms with Gasteiger partial charge in [-0.3, -0.25) is 19.5 Å². The normalized spacial score (nSPS) is 15.4. The first-order chi connectivity index (χ1) is 13.0. The van der Waals surface area contributed by atoms with Gasteiger partial charge in [-0.25, -0.2) is 0 Å². The molecule has 1 fully saturated rings. The van der Waals surface area contributed by atoms with Crippen LogP contribution in [0.25, 0.3) is 0 Å². The molecule has 6 heteroatoms. The second-order valence-corrected chi connectivity index (χ2v) is 7.22. The van der Waals surface area contributed by atoms with Crippen molar-refractivity contribution >= 4 is 17.8 Å². The smallest absolute Gasteiger partial charge is 0.229 e. The third kappa shape index (κ3) is 6.70. The number of imide groups is 1. The zero-order chi connectivity index (χ0) is 19.6. The Labute approximate surface area is 162 Å². The second-order valence-electron chi connectivity index (χ2n) is 7.22. The molecular formula is C21H32N4O2. The van der Waals surface area contributed by atoms with Gasteiger partial charge in [-0.05, 0) is 36.3 Å². The number of benzene rings is 1. The van der Waals surface area contributed by atoms with Crippen LogP contribution in [0.3, 0.4) is 0 Å². The predicted octanol–water partition coefficient (Wildman–Crippen LogP) is 2.45. The lowest BCUT2D eigenvalue weighted by atomic mass is 10.0. The highest BCUT2D eigenvalue weighted by atomic mass is 16.2. The summed E-state index contributed by atoms with van der Waals surface area (Å²) in [5, 5.41) is 6.45. The van der Waals surface area contributed by atoms with E-state index in [9.17, 15) is 9.59 Å². The summed E-state index contributed by atoms with van der Waals surface area (Å²) in [4.78, 5) is 29.1. The van der Waals surface area contributed by atoms with E-state index in [2.05, 4.69) is 53.7 Å². The van der Waals surface area contributed by atoms with E-state index in [1.165, 1.54) is 16.0 Å². The lowest BCUT2D eigenvalue weighted by Gasteiger charge is -2.25. The summed E-state index contributed by atoms with van der Waals surface area (Å²) >= 11 is 0. The molecule has 27 heavy (non-hydrogen) atoms. The van der Waals surface area contributed by atoms with Crippen molar-refractivity contribution in [3.8, 4) is 0 Å². The van der Waals surface area contributed by atoms with E-state index in [4.69, 9.17) is 0 Å². The number of aryl methyl sites for hydroxylation is 1. The van der Waals surface area contributed by atoms with Crippen molar-refractivity contribution in [3.63, 3.8) is 0 Å². The minimum absolute atomic E-state index is 0.0699. The number of rotatable bonds is 8. The number of amides is 2. The van der Waals surface area contributed by atoms with Crippen molar-refractivity contribution < 1.29 is 9.59 Å². The summed E-state index contributed by atoms with van der Waals surface area (Å²) in [6, 6.07) is 8.82. The van der Waals surface area contributed by atoms with Crippen LogP contribution in [-0.4, -0.2) is 49.4 Å². The Morgan fingerprint density at radius 2 is 1.70 bits per heavy atom. The van der Waals surface area contributed by atoms with Crippen LogP contribution in [0, 0.1) is 0 Å². The summed E-state index contributed by atoms with van der Waals surface area (Å²) in [5.74, 6) is 1.12. The molecule has 2 N–H and O–H groups in total. The van der Waals surface area contributed by atoms with Gasteiger partial charge in [-0.2, -0.15) is 0 Å². The summed E-state index contributed by atoms with van der Waals surface area (Å²) in [6.45, 7) is 6.12. The summed E-state index contributed by atoms with van der Waals surface area (Å²) in [7, 11) is 1.72. The standard InChI is InChI=1S/C21H32N4O2/c1-16(2)18-11-9-17(10-12-18)6-5-13-23-21(22-3)24-14-15-25-19(26)7-4-8-20(25)27/h9-12,16H,4-8,13-15H2,1-3H3,(H2,22,23,24). The molecule has 0 atom stereocenters. The number of nitrogens with zero attached hydrogens (tertiary/aromatic N) is 2. The van der Waals surface area contributed by atoms with E-state index in [1.807, 2.05) is 0 Å². The lowest BCUT2D eigenvalue weighted by molar-refractivity contribution is -0.147. The molecule has 1 aliphatic heterocycles. The molecule has 1 aromatic carbocycles. The third-order valence-electron chi connectivity index (χ3n) is 4.82. The van der Waals surface area contributed by atoms with E-state index in [0.29, 0.717) is 44.2 Å². The molecule has 0 spiro atoms. The minimum Gasteiger partial charge on any atom is -0.356 e. The molecule has 148 valence electrons. The zero-order valence-electron chi connectivity index (χ0n) is 16.8. The molecule has 1 saturated heterocycles. The number of hydrogen-bond acceptors (Lipinski definition) is 3. The Balaban J connectivity index is 1.65. The maximum Gasteiger partial charge on any atom is 0.229 e. The number of likely N-dealkylation sites (tertiary alicyclic amines) is 1. The lowest BCUT2D eigenvalue weighted by Crippen LogP contribution is -2.46. The first-order valence-electron chi connectivity index (χ1n) is 9.88. The molecule has 0 saturated carbocycles. The highest BCUT2D eigenvalue weighted by Gasteiger charge is 2.25. The molecule has 0 aromatic heterocycles. The fourth-order valence-corrected chi connectivity index (χ4v) is 3.12. The third-order valence-corrected chi connectivity index (χ3v) is 4.82. The van der Waals surface area contributed by atoms with Crippen LogP contribution in [0.1, 0.15) is 56.6 Å². The maximum absolute atomic E-state index is 11.8. The van der Waals surface area contributed by atoms with Crippen LogP contribution < -0.4 is 10.6 Å². The number of hydrogen-bond donors (Lipinski definition) is 2. The Bertz CT molecular complexity index is 637. The Morgan fingerprint density at radius 1 is 1.07 bits per heavy atom. The second kappa shape index (κ2) is 10.7. The fraction of sp³-hybridized carbons (Fsp3) is 0.571. The SMILES string of the molecule is CN=C(NCCCc1ccc(C(C)C)cc1)NCCN1C(=O)CCCC1=O. The summed E-state index contributed by atoms with van der Waals surface area (Å²) in [5.41, 5.74) is 2.71. The number of guanidine groups is 1. The van der Waals surface area contributed by atoms with Gasteiger partial charge in [0.25, 0.3) is 0 Å². The van der Waals surface area contributed by atoms with Gasteiger partial charge in [0, 0.05) is 39.5 Å². The van der Waals surface area contributed by atoms with Gasteiger partial charge in [0.2, 0.25) is 11.8 Å². The van der Waals surface area contributed by atoms with Crippen molar-refractivity contribution in [2.24, 2.45) is 4.99 Å². The van der Waals surface area contributed by atoms with Gasteiger partial charge in [-0.1, -0.05) is 38.1 Å². The van der Waals surface area contributed by atoms with Gasteiger partial charge >= 0.3 is 0 Å². The van der Waals surface area contributed by atoms with Gasteiger partial charge in [0.15, 0.2) is 5.96 Å². The molecule has 0 unspecified atom stereocenters. The van der Waals surface area contributed by atoms with E-state index < -0.39 is 0 Å². The first kappa shape index (κ1) is 20.9. The van der Waals surface area contributed by atoms with E-state index in [1.54, 1.807) is 7.05 Å². The zero-order valence-corrected chi connectivity index (χ0v) is 16.8. The first-order valence-corrected chi connectivity index (χ1v) is 9.88. The molecule has 1 aliphatic rings. The average Bonchev–Trinajstić information content (AvgIpc) is 2.66. The molecule has 2 amide bonds. The number of aliphatic imine (C=N–C) groups is 1. The molecule has 0 bridgehead atoms. The Morgan fingerprint density at radius 3 is 2.30 bits per heavy atom. The van der Waals surface area contributed by atoms with E-state index in [-0.39, 0.29) is 11.8 Å². The maximum atomic E-state index is 11.8. The minimum atomic E-state index is -0.0699. The largest absolute Gasteiger partial charge is 0.356 e. The quantitative estimate of drug-likeness (QED) is 0.318. The monoisotopic (exact) mass is 372 g/mol. The highest BCUT2D eigenvalue weighted by molar-refractivity contribution is 5.97. The Hall–Kier alpha value is -2.37. The molecule has 1 heterocycles. The summed E-state index contributed by atoms with van der Waals surface area (Å²) < 4.78 is 0. The van der Waals surface area contributed by atoms with Crippen LogP contribution in [0.15, 0.2) is 29.3 Å². The number of carbonyl (C=O) groups excluding carboxylic acids is 2. The molecule has 2 rings (SSSR count). The van der Waals surface area contributed by atoms with Crippen molar-refractivity contribution in [3.05, 3.63) is 35.4 Å². The van der Waals surface area contributed by atoms with Crippen LogP contribution in [0.2, 0.25) is 0 Å². The van der Waals surface area contributed by atoms with Gasteiger partial charge in [-0.15, -0.1) is 0 Å². The van der Waals surface area contributed by atoms with Crippen LogP contribution in [0.4, 0.5) is 0 Å². The fourth-order valence-electron chi connectivity index (χ4n) is 3.12. The average molecular weight is 373 g/mol. The van der Waals surface area contributed by atoms with Gasteiger partial charge < -0.3 is 10.6 Å². The summed E-state index contributed by atoms with van der Waals surface area (Å²) in [6.07, 6.45) is 3.63. The van der Waals surface area contributed by atoms with Crippen LogP contribution in [-0.2, 0) is 16.0 Å². The molecule has 1 aromatic rings. The molecule has 0 aliphatic carbocycles.